The molecule has 124 valence electrons. The molecule has 2 aromatic rings. The van der Waals surface area contributed by atoms with Crippen LogP contribution in [0.15, 0.2) is 53.6 Å². The van der Waals surface area contributed by atoms with E-state index in [1.54, 1.807) is 6.21 Å². The molecular weight excluding hydrogens is 299 g/mol. The van der Waals surface area contributed by atoms with Crippen LogP contribution in [0.2, 0.25) is 0 Å². The van der Waals surface area contributed by atoms with Crippen molar-refractivity contribution < 1.29 is 9.31 Å². The molecule has 0 amide bonds. The molecule has 1 fully saturated rings. The Morgan fingerprint density at radius 2 is 1.29 bits per heavy atom. The van der Waals surface area contributed by atoms with E-state index in [1.807, 2.05) is 12.1 Å². The second-order valence-corrected chi connectivity index (χ2v) is 7.11. The third-order valence-electron chi connectivity index (χ3n) is 4.90. The molecule has 3 rings (SSSR count). The topological polar surface area (TPSA) is 56.8 Å². The highest BCUT2D eigenvalue weighted by Gasteiger charge is 2.51. The summed E-state index contributed by atoms with van der Waals surface area (Å²) in [6.07, 6.45) is 1.63. The lowest BCUT2D eigenvalue weighted by Crippen LogP contribution is -2.41. The van der Waals surface area contributed by atoms with Crippen molar-refractivity contribution in [3.63, 3.8) is 0 Å². The second kappa shape index (κ2) is 6.08. The van der Waals surface area contributed by atoms with Crippen molar-refractivity contribution in [3.05, 3.63) is 54.1 Å². The molecule has 1 saturated heterocycles. The molecule has 5 heteroatoms. The predicted octanol–water partition coefficient (Wildman–Crippen LogP) is 2.95. The van der Waals surface area contributed by atoms with E-state index in [-0.39, 0.29) is 18.3 Å². The number of rotatable bonds is 3. The number of hydrogen-bond acceptors (Lipinski definition) is 4. The summed E-state index contributed by atoms with van der Waals surface area (Å²) in [4.78, 5) is 0. The Morgan fingerprint density at radius 3 is 1.75 bits per heavy atom. The maximum absolute atomic E-state index is 6.09. The number of nitrogens with zero attached hydrogens (tertiary/aromatic N) is 1. The van der Waals surface area contributed by atoms with Gasteiger partial charge in [0.15, 0.2) is 0 Å². The molecule has 2 N–H and O–H groups in total. The van der Waals surface area contributed by atoms with E-state index in [0.29, 0.717) is 0 Å². The highest BCUT2D eigenvalue weighted by molar-refractivity contribution is 6.62. The summed E-state index contributed by atoms with van der Waals surface area (Å²) in [5, 5.41) is 3.53. The smallest absolute Gasteiger partial charge is 0.399 e. The molecule has 0 spiro atoms. The quantitative estimate of drug-likeness (QED) is 0.409. The van der Waals surface area contributed by atoms with Gasteiger partial charge in [-0.15, -0.1) is 0 Å². The van der Waals surface area contributed by atoms with E-state index >= 15 is 0 Å². The molecule has 0 radical (unpaired) electrons. The van der Waals surface area contributed by atoms with Crippen LogP contribution in [0.25, 0.3) is 11.1 Å². The molecule has 0 bridgehead atoms. The van der Waals surface area contributed by atoms with Gasteiger partial charge in [0.25, 0.3) is 0 Å². The van der Waals surface area contributed by atoms with Gasteiger partial charge in [-0.25, -0.2) is 0 Å². The SMILES string of the molecule is CC1(C)OB(c2ccc(-c3ccc(C=NN)cc3)cc2)OC1(C)C. The zero-order valence-electron chi connectivity index (χ0n) is 14.6. The zero-order valence-corrected chi connectivity index (χ0v) is 14.6. The van der Waals surface area contributed by atoms with Crippen LogP contribution in [-0.4, -0.2) is 24.5 Å². The summed E-state index contributed by atoms with van der Waals surface area (Å²) in [7, 11) is -0.327. The van der Waals surface area contributed by atoms with Crippen LogP contribution in [0.5, 0.6) is 0 Å². The van der Waals surface area contributed by atoms with Crippen molar-refractivity contribution in [1.82, 2.24) is 0 Å². The van der Waals surface area contributed by atoms with Crippen molar-refractivity contribution >= 4 is 18.8 Å². The van der Waals surface area contributed by atoms with Gasteiger partial charge >= 0.3 is 7.12 Å². The first-order valence-electron chi connectivity index (χ1n) is 8.12. The fourth-order valence-corrected chi connectivity index (χ4v) is 2.66. The van der Waals surface area contributed by atoms with Crippen molar-refractivity contribution in [2.45, 2.75) is 38.9 Å². The predicted molar refractivity (Wildman–Crippen MR) is 99.4 cm³/mol. The van der Waals surface area contributed by atoms with E-state index in [2.05, 4.69) is 69.2 Å². The molecule has 4 nitrogen and oxygen atoms in total. The van der Waals surface area contributed by atoms with E-state index in [9.17, 15) is 0 Å². The lowest BCUT2D eigenvalue weighted by atomic mass is 9.78. The lowest BCUT2D eigenvalue weighted by Gasteiger charge is -2.32. The molecule has 2 aromatic carbocycles. The van der Waals surface area contributed by atoms with Gasteiger partial charge in [0.05, 0.1) is 17.4 Å². The molecule has 0 saturated carbocycles. The van der Waals surface area contributed by atoms with Crippen molar-refractivity contribution in [1.29, 1.82) is 0 Å². The van der Waals surface area contributed by atoms with Gasteiger partial charge in [-0.2, -0.15) is 5.10 Å². The molecule has 1 aliphatic rings. The standard InChI is InChI=1S/C19H23BN2O2/c1-18(2)19(3,4)24-20(23-18)17-11-9-16(10-12-17)15-7-5-14(6-8-15)13-22-21/h5-13H,21H2,1-4H3. The van der Waals surface area contributed by atoms with E-state index in [0.717, 1.165) is 22.2 Å². The number of hydrazone groups is 1. The average Bonchev–Trinajstić information content (AvgIpc) is 2.77. The highest BCUT2D eigenvalue weighted by atomic mass is 16.7. The molecule has 1 aliphatic heterocycles. The third-order valence-corrected chi connectivity index (χ3v) is 4.90. The summed E-state index contributed by atoms with van der Waals surface area (Å²) >= 11 is 0. The van der Waals surface area contributed by atoms with Crippen molar-refractivity contribution in [2.75, 3.05) is 0 Å². The maximum Gasteiger partial charge on any atom is 0.494 e. The highest BCUT2D eigenvalue weighted by Crippen LogP contribution is 2.36. The molecular formula is C19H23BN2O2. The van der Waals surface area contributed by atoms with Gasteiger partial charge in [-0.1, -0.05) is 48.5 Å². The molecule has 0 atom stereocenters. The van der Waals surface area contributed by atoms with E-state index in [1.165, 1.54) is 0 Å². The second-order valence-electron chi connectivity index (χ2n) is 7.11. The summed E-state index contributed by atoms with van der Waals surface area (Å²) in [5.41, 5.74) is 3.66. The molecule has 0 aliphatic carbocycles. The van der Waals surface area contributed by atoms with Crippen molar-refractivity contribution in [3.8, 4) is 11.1 Å². The third kappa shape index (κ3) is 3.10. The van der Waals surface area contributed by atoms with Gasteiger partial charge in [0, 0.05) is 0 Å². The minimum absolute atomic E-state index is 0.323. The fourth-order valence-electron chi connectivity index (χ4n) is 2.66. The number of benzene rings is 2. The molecule has 1 heterocycles. The van der Waals surface area contributed by atoms with Crippen LogP contribution in [0, 0.1) is 0 Å². The van der Waals surface area contributed by atoms with Crippen molar-refractivity contribution in [2.24, 2.45) is 10.9 Å². The van der Waals surface area contributed by atoms with E-state index < -0.39 is 0 Å². The largest absolute Gasteiger partial charge is 0.494 e. The first-order chi connectivity index (χ1) is 11.3. The normalized spacial score (nSPS) is 19.1. The van der Waals surface area contributed by atoms with Crippen LogP contribution in [0.1, 0.15) is 33.3 Å². The monoisotopic (exact) mass is 322 g/mol. The van der Waals surface area contributed by atoms with Crippen LogP contribution in [0.4, 0.5) is 0 Å². The zero-order chi connectivity index (χ0) is 17.4. The summed E-state index contributed by atoms with van der Waals surface area (Å²) < 4.78 is 12.2. The van der Waals surface area contributed by atoms with Crippen LogP contribution < -0.4 is 11.3 Å². The summed E-state index contributed by atoms with van der Waals surface area (Å²) in [5.74, 6) is 5.17. The molecule has 0 unspecified atom stereocenters. The Hall–Kier alpha value is -2.11. The average molecular weight is 322 g/mol. The first kappa shape index (κ1) is 16.7. The van der Waals surface area contributed by atoms with E-state index in [4.69, 9.17) is 15.2 Å². The Labute approximate surface area is 143 Å². The minimum atomic E-state index is -0.327. The maximum atomic E-state index is 6.09. The van der Waals surface area contributed by atoms with Gasteiger partial charge in [-0.3, -0.25) is 0 Å². The summed E-state index contributed by atoms with van der Waals surface area (Å²) in [6.45, 7) is 8.25. The molecule has 24 heavy (non-hydrogen) atoms. The first-order valence-corrected chi connectivity index (χ1v) is 8.12. The summed E-state index contributed by atoms with van der Waals surface area (Å²) in [6, 6.07) is 16.4. The Bertz CT molecular complexity index is 721. The minimum Gasteiger partial charge on any atom is -0.399 e. The Kier molecular flexibility index (Phi) is 4.24. The van der Waals surface area contributed by atoms with Gasteiger partial charge in [-0.05, 0) is 49.8 Å². The number of hydrogen-bond donors (Lipinski definition) is 1. The fraction of sp³-hybridized carbons (Fsp3) is 0.316. The van der Waals surface area contributed by atoms with Crippen LogP contribution in [0.3, 0.4) is 0 Å². The van der Waals surface area contributed by atoms with Gasteiger partial charge in [0.1, 0.15) is 0 Å². The van der Waals surface area contributed by atoms with Crippen LogP contribution in [-0.2, 0) is 9.31 Å². The lowest BCUT2D eigenvalue weighted by molar-refractivity contribution is 0.00578. The molecule has 0 aromatic heterocycles. The van der Waals surface area contributed by atoms with Gasteiger partial charge < -0.3 is 15.2 Å². The Morgan fingerprint density at radius 1 is 0.833 bits per heavy atom. The Balaban J connectivity index is 1.79. The number of nitrogens with two attached hydrogens (primary N) is 1. The van der Waals surface area contributed by atoms with Gasteiger partial charge in [0.2, 0.25) is 0 Å². The van der Waals surface area contributed by atoms with Crippen LogP contribution >= 0.6 is 0 Å².